The monoisotopic (exact) mass is 678 g/mol. The molecule has 0 aromatic heterocycles. The van der Waals surface area contributed by atoms with Crippen molar-refractivity contribution in [2.75, 3.05) is 62.6 Å². The zero-order valence-corrected chi connectivity index (χ0v) is 29.9. The molecular weight excluding hydrogens is 628 g/mol. The van der Waals surface area contributed by atoms with Crippen LogP contribution in [0.4, 0.5) is 20.6 Å². The van der Waals surface area contributed by atoms with Crippen LogP contribution in [0.25, 0.3) is 0 Å². The predicted octanol–water partition coefficient (Wildman–Crippen LogP) is 5.82. The summed E-state index contributed by atoms with van der Waals surface area (Å²) in [5, 5.41) is 2.17. The number of nitrogens with zero attached hydrogens (tertiary/aromatic N) is 5. The number of anilines is 2. The predicted molar refractivity (Wildman–Crippen MR) is 191 cm³/mol. The Balaban J connectivity index is 1.11. The van der Waals surface area contributed by atoms with E-state index >= 15 is 4.39 Å². The summed E-state index contributed by atoms with van der Waals surface area (Å²) in [6, 6.07) is 13.1. The van der Waals surface area contributed by atoms with E-state index in [4.69, 9.17) is 0 Å². The SMILES string of the molecule is CC(C)CN1C(=O)[C@H](CC(=O)N2CCC(N3CCc4ccccc4NC3=O)CC2)SC1c1cccc(F)c1N1CCN(C(C)(C)C)CC1. The van der Waals surface area contributed by atoms with E-state index in [-0.39, 0.29) is 53.0 Å². The minimum Gasteiger partial charge on any atom is -0.366 e. The van der Waals surface area contributed by atoms with E-state index in [9.17, 15) is 14.4 Å². The summed E-state index contributed by atoms with van der Waals surface area (Å²) in [5.41, 5.74) is 3.45. The number of piperazine rings is 1. The van der Waals surface area contributed by atoms with Crippen LogP contribution in [0.3, 0.4) is 0 Å². The third kappa shape index (κ3) is 7.32. The maximum atomic E-state index is 15.7. The number of rotatable bonds is 7. The Morgan fingerprint density at radius 2 is 1.67 bits per heavy atom. The zero-order valence-electron chi connectivity index (χ0n) is 29.1. The summed E-state index contributed by atoms with van der Waals surface area (Å²) in [6.07, 6.45) is 2.33. The zero-order chi connectivity index (χ0) is 34.2. The van der Waals surface area contributed by atoms with Crippen molar-refractivity contribution in [1.29, 1.82) is 0 Å². The lowest BCUT2D eigenvalue weighted by molar-refractivity contribution is -0.137. The van der Waals surface area contributed by atoms with Gasteiger partial charge in [0.2, 0.25) is 11.8 Å². The van der Waals surface area contributed by atoms with Crippen molar-refractivity contribution >= 4 is 41.0 Å². The fourth-order valence-corrected chi connectivity index (χ4v) is 9.14. The standard InChI is InChI=1S/C37H51FN6O3S/c1-25(2)24-44-34(46)31(48-35(44)28-10-8-11-29(38)33(28)41-19-21-42(22-20-41)37(3,4)5)23-32(45)40-16-14-27(15-17-40)43-18-13-26-9-6-7-12-30(26)39-36(43)47/h6-12,25,27,31,35H,13-24H2,1-5H3,(H,39,47)/t31-,35?/m0/s1. The third-order valence-corrected chi connectivity index (χ3v) is 11.7. The number of halogens is 1. The van der Waals surface area contributed by atoms with Gasteiger partial charge in [0.1, 0.15) is 11.2 Å². The van der Waals surface area contributed by atoms with Crippen molar-refractivity contribution in [3.8, 4) is 0 Å². The van der Waals surface area contributed by atoms with Crippen LogP contribution in [0, 0.1) is 11.7 Å². The molecule has 2 aromatic carbocycles. The van der Waals surface area contributed by atoms with Crippen LogP contribution in [-0.2, 0) is 16.0 Å². The number of hydrogen-bond donors (Lipinski definition) is 1. The number of hydrogen-bond acceptors (Lipinski definition) is 6. The van der Waals surface area contributed by atoms with Gasteiger partial charge in [-0.15, -0.1) is 11.8 Å². The lowest BCUT2D eigenvalue weighted by atomic mass is 10.0. The van der Waals surface area contributed by atoms with Gasteiger partial charge in [0.05, 0.1) is 10.9 Å². The van der Waals surface area contributed by atoms with Crippen molar-refractivity contribution in [3.63, 3.8) is 0 Å². The first kappa shape index (κ1) is 34.5. The summed E-state index contributed by atoms with van der Waals surface area (Å²) < 4.78 is 15.7. The highest BCUT2D eigenvalue weighted by Gasteiger charge is 2.44. The normalized spacial score (nSPS) is 23.1. The minimum absolute atomic E-state index is 0.0325. The van der Waals surface area contributed by atoms with Crippen LogP contribution in [0.5, 0.6) is 0 Å². The largest absolute Gasteiger partial charge is 0.366 e. The van der Waals surface area contributed by atoms with Gasteiger partial charge in [-0.2, -0.15) is 0 Å². The fraction of sp³-hybridized carbons (Fsp3) is 0.595. The lowest BCUT2D eigenvalue weighted by Gasteiger charge is -2.43. The summed E-state index contributed by atoms with van der Waals surface area (Å²) in [4.78, 5) is 50.9. The number of nitrogens with one attached hydrogen (secondary N) is 1. The third-order valence-electron chi connectivity index (χ3n) is 10.3. The second-order valence-electron chi connectivity index (χ2n) is 15.0. The maximum absolute atomic E-state index is 15.7. The van der Waals surface area contributed by atoms with Gasteiger partial charge in [-0.05, 0) is 63.6 Å². The van der Waals surface area contributed by atoms with Crippen LogP contribution < -0.4 is 10.2 Å². The van der Waals surface area contributed by atoms with Gasteiger partial charge in [0.25, 0.3) is 0 Å². The molecule has 1 unspecified atom stereocenters. The second-order valence-corrected chi connectivity index (χ2v) is 16.3. The highest BCUT2D eigenvalue weighted by molar-refractivity contribution is 8.01. The van der Waals surface area contributed by atoms with Gasteiger partial charge in [-0.3, -0.25) is 14.5 Å². The van der Waals surface area contributed by atoms with E-state index in [2.05, 4.69) is 55.8 Å². The lowest BCUT2D eigenvalue weighted by Crippen LogP contribution is -2.53. The van der Waals surface area contributed by atoms with Gasteiger partial charge in [-0.25, -0.2) is 9.18 Å². The van der Waals surface area contributed by atoms with Gasteiger partial charge in [0.15, 0.2) is 0 Å². The Bertz CT molecular complexity index is 1500. The molecule has 2 atom stereocenters. The Hall–Kier alpha value is -3.31. The number of carbonyl (C=O) groups is 3. The first-order valence-corrected chi connectivity index (χ1v) is 18.5. The molecule has 1 N–H and O–H groups in total. The maximum Gasteiger partial charge on any atom is 0.322 e. The topological polar surface area (TPSA) is 79.4 Å². The van der Waals surface area contributed by atoms with Crippen LogP contribution in [-0.4, -0.2) is 107 Å². The summed E-state index contributed by atoms with van der Waals surface area (Å²) in [7, 11) is 0. The molecule has 4 heterocycles. The molecule has 4 aliphatic rings. The van der Waals surface area contributed by atoms with E-state index < -0.39 is 5.25 Å². The molecular formula is C37H51FN6O3S. The van der Waals surface area contributed by atoms with Crippen molar-refractivity contribution in [2.45, 2.75) is 82.5 Å². The van der Waals surface area contributed by atoms with E-state index in [1.807, 2.05) is 39.0 Å². The van der Waals surface area contributed by atoms with E-state index in [1.165, 1.54) is 17.8 Å². The van der Waals surface area contributed by atoms with Gasteiger partial charge in [-0.1, -0.05) is 44.2 Å². The highest BCUT2D eigenvalue weighted by Crippen LogP contribution is 2.48. The molecule has 0 radical (unpaired) electrons. The Kier molecular flexibility index (Phi) is 10.3. The van der Waals surface area contributed by atoms with Crippen molar-refractivity contribution in [2.24, 2.45) is 5.92 Å². The van der Waals surface area contributed by atoms with Crippen LogP contribution in [0.2, 0.25) is 0 Å². The molecule has 0 spiro atoms. The summed E-state index contributed by atoms with van der Waals surface area (Å²) in [5.74, 6) is -0.120. The first-order chi connectivity index (χ1) is 22.9. The van der Waals surface area contributed by atoms with Gasteiger partial charge >= 0.3 is 6.03 Å². The molecule has 11 heteroatoms. The molecule has 3 saturated heterocycles. The molecule has 9 nitrogen and oxygen atoms in total. The van der Waals surface area contributed by atoms with E-state index in [1.54, 1.807) is 6.07 Å². The number of amides is 4. The summed E-state index contributed by atoms with van der Waals surface area (Å²) >= 11 is 1.49. The molecule has 3 fully saturated rings. The van der Waals surface area contributed by atoms with Gasteiger partial charge < -0.3 is 24.9 Å². The summed E-state index contributed by atoms with van der Waals surface area (Å²) in [6.45, 7) is 16.2. The van der Waals surface area contributed by atoms with E-state index in [0.29, 0.717) is 57.8 Å². The van der Waals surface area contributed by atoms with Crippen LogP contribution in [0.1, 0.15) is 70.4 Å². The number of urea groups is 1. The smallest absolute Gasteiger partial charge is 0.322 e. The fourth-order valence-electron chi connectivity index (χ4n) is 7.66. The number of likely N-dealkylation sites (tertiary alicyclic amines) is 1. The highest BCUT2D eigenvalue weighted by atomic mass is 32.2. The van der Waals surface area contributed by atoms with Crippen molar-refractivity contribution < 1.29 is 18.8 Å². The van der Waals surface area contributed by atoms with Crippen molar-refractivity contribution in [3.05, 3.63) is 59.4 Å². The Morgan fingerprint density at radius 3 is 2.35 bits per heavy atom. The number of thioether (sulfide) groups is 1. The Labute approximate surface area is 289 Å². The first-order valence-electron chi connectivity index (χ1n) is 17.6. The number of fused-ring (bicyclic) bond motifs is 1. The molecule has 0 bridgehead atoms. The molecule has 260 valence electrons. The molecule has 4 aliphatic heterocycles. The number of benzene rings is 2. The quantitative estimate of drug-likeness (QED) is 0.398. The molecule has 48 heavy (non-hydrogen) atoms. The molecule has 2 aromatic rings. The minimum atomic E-state index is -0.525. The van der Waals surface area contributed by atoms with Crippen LogP contribution >= 0.6 is 11.8 Å². The van der Waals surface area contributed by atoms with E-state index in [0.717, 1.165) is 36.3 Å². The molecule has 4 amide bonds. The molecule has 6 rings (SSSR count). The van der Waals surface area contributed by atoms with Gasteiger partial charge in [0, 0.05) is 81.6 Å². The number of para-hydroxylation sites is 2. The number of carbonyl (C=O) groups excluding carboxylic acids is 3. The Morgan fingerprint density at radius 1 is 0.958 bits per heavy atom. The number of piperidine rings is 1. The molecule has 0 saturated carbocycles. The van der Waals surface area contributed by atoms with Crippen LogP contribution in [0.15, 0.2) is 42.5 Å². The van der Waals surface area contributed by atoms with Crippen molar-refractivity contribution in [1.82, 2.24) is 19.6 Å². The average molecular weight is 679 g/mol. The average Bonchev–Trinajstić information content (AvgIpc) is 3.23. The second kappa shape index (κ2) is 14.3. The molecule has 0 aliphatic carbocycles.